The van der Waals surface area contributed by atoms with Crippen LogP contribution in [0.25, 0.3) is 0 Å². The Labute approximate surface area is 95.9 Å². The smallest absolute Gasteiger partial charge is 0.234 e. The molecule has 3 nitrogen and oxygen atoms in total. The van der Waals surface area contributed by atoms with Gasteiger partial charge in [0.05, 0.1) is 12.4 Å². The van der Waals surface area contributed by atoms with Crippen LogP contribution < -0.4 is 5.32 Å². The number of carbonyl (C=O) groups excluding carboxylic acids is 1. The fourth-order valence-electron chi connectivity index (χ4n) is 1.00. The lowest BCUT2D eigenvalue weighted by Gasteiger charge is -2.04. The van der Waals surface area contributed by atoms with E-state index in [0.717, 1.165) is 12.1 Å². The van der Waals surface area contributed by atoms with Gasteiger partial charge < -0.3 is 10.4 Å². The molecule has 0 aliphatic carbocycles. The number of thioether (sulfide) groups is 1. The molecule has 2 N–H and O–H groups in total. The molecule has 0 unspecified atom stereocenters. The molecule has 1 aromatic rings. The first-order valence-electron chi connectivity index (χ1n) is 4.57. The zero-order valence-electron chi connectivity index (χ0n) is 8.37. The van der Waals surface area contributed by atoms with Crippen molar-refractivity contribution in [2.75, 3.05) is 23.4 Å². The molecule has 6 heteroatoms. The summed E-state index contributed by atoms with van der Waals surface area (Å²) in [5, 5.41) is 10.9. The first-order valence-corrected chi connectivity index (χ1v) is 5.72. The molecule has 1 rings (SSSR count). The number of amides is 1. The number of nitrogens with one attached hydrogen (secondary N) is 1. The van der Waals surface area contributed by atoms with Gasteiger partial charge >= 0.3 is 0 Å². The Morgan fingerprint density at radius 2 is 2.12 bits per heavy atom. The fraction of sp³-hybridized carbons (Fsp3) is 0.300. The van der Waals surface area contributed by atoms with Crippen LogP contribution in [0.2, 0.25) is 0 Å². The van der Waals surface area contributed by atoms with E-state index in [1.807, 2.05) is 0 Å². The van der Waals surface area contributed by atoms with E-state index >= 15 is 0 Å². The van der Waals surface area contributed by atoms with Gasteiger partial charge in [-0.15, -0.1) is 11.8 Å². The molecule has 0 aliphatic rings. The van der Waals surface area contributed by atoms with Crippen LogP contribution in [0.4, 0.5) is 14.5 Å². The van der Waals surface area contributed by atoms with Gasteiger partial charge in [0.25, 0.3) is 0 Å². The molecule has 1 aromatic carbocycles. The van der Waals surface area contributed by atoms with Crippen molar-refractivity contribution in [1.29, 1.82) is 0 Å². The van der Waals surface area contributed by atoms with Gasteiger partial charge in [-0.25, -0.2) is 8.78 Å². The number of carbonyl (C=O) groups is 1. The lowest BCUT2D eigenvalue weighted by molar-refractivity contribution is -0.113. The van der Waals surface area contributed by atoms with Crippen LogP contribution in [0.3, 0.4) is 0 Å². The summed E-state index contributed by atoms with van der Waals surface area (Å²) in [7, 11) is 0. The van der Waals surface area contributed by atoms with Gasteiger partial charge in [0.15, 0.2) is 11.6 Å². The summed E-state index contributed by atoms with van der Waals surface area (Å²) in [4.78, 5) is 11.3. The number of hydrogen-bond donors (Lipinski definition) is 2. The second-order valence-corrected chi connectivity index (χ2v) is 4.06. The third-order valence-corrected chi connectivity index (χ3v) is 2.61. The number of aliphatic hydroxyl groups is 1. The maximum Gasteiger partial charge on any atom is 0.234 e. The summed E-state index contributed by atoms with van der Waals surface area (Å²) >= 11 is 1.26. The normalized spacial score (nSPS) is 10.2. The molecule has 88 valence electrons. The van der Waals surface area contributed by atoms with Crippen LogP contribution in [0.1, 0.15) is 0 Å². The monoisotopic (exact) mass is 247 g/mol. The average Bonchev–Trinajstić information content (AvgIpc) is 2.24. The Kier molecular flexibility index (Phi) is 5.21. The van der Waals surface area contributed by atoms with Crippen LogP contribution in [-0.2, 0) is 4.79 Å². The van der Waals surface area contributed by atoms with Crippen molar-refractivity contribution < 1.29 is 18.7 Å². The fourth-order valence-corrected chi connectivity index (χ4v) is 1.53. The molecule has 0 aliphatic heterocycles. The zero-order valence-corrected chi connectivity index (χ0v) is 9.19. The number of hydrogen-bond acceptors (Lipinski definition) is 3. The van der Waals surface area contributed by atoms with Crippen molar-refractivity contribution in [3.63, 3.8) is 0 Å². The molecular formula is C10H11F2NO2S. The second-order valence-electron chi connectivity index (χ2n) is 2.95. The predicted octanol–water partition coefficient (Wildman–Crippen LogP) is 1.63. The highest BCUT2D eigenvalue weighted by atomic mass is 32.2. The Bertz CT molecular complexity index is 374. The van der Waals surface area contributed by atoms with Crippen molar-refractivity contribution in [2.45, 2.75) is 0 Å². The molecule has 0 spiro atoms. The minimum Gasteiger partial charge on any atom is -0.396 e. The van der Waals surface area contributed by atoms with Gasteiger partial charge in [0, 0.05) is 17.5 Å². The minimum atomic E-state index is -0.999. The third-order valence-electron chi connectivity index (χ3n) is 1.67. The first kappa shape index (κ1) is 12.9. The van der Waals surface area contributed by atoms with E-state index in [0.29, 0.717) is 5.75 Å². The van der Waals surface area contributed by atoms with Gasteiger partial charge in [-0.1, -0.05) is 0 Å². The molecule has 0 aromatic heterocycles. The lowest BCUT2D eigenvalue weighted by Crippen LogP contribution is -2.14. The molecule has 0 heterocycles. The molecule has 1 amide bonds. The highest BCUT2D eigenvalue weighted by Gasteiger charge is 2.05. The van der Waals surface area contributed by atoms with Crippen LogP contribution in [0, 0.1) is 11.6 Å². The quantitative estimate of drug-likeness (QED) is 0.777. The van der Waals surface area contributed by atoms with Gasteiger partial charge in [0.2, 0.25) is 5.91 Å². The average molecular weight is 247 g/mol. The summed E-state index contributed by atoms with van der Waals surface area (Å²) in [6.45, 7) is 0.00310. The molecule has 0 saturated heterocycles. The van der Waals surface area contributed by atoms with Gasteiger partial charge in [-0.05, 0) is 12.1 Å². The topological polar surface area (TPSA) is 49.3 Å². The van der Waals surface area contributed by atoms with Gasteiger partial charge in [-0.3, -0.25) is 4.79 Å². The second kappa shape index (κ2) is 6.44. The van der Waals surface area contributed by atoms with Gasteiger partial charge in [0.1, 0.15) is 0 Å². The number of anilines is 1. The van der Waals surface area contributed by atoms with E-state index in [9.17, 15) is 13.6 Å². The van der Waals surface area contributed by atoms with Crippen LogP contribution in [-0.4, -0.2) is 29.1 Å². The van der Waals surface area contributed by atoms with E-state index in [1.165, 1.54) is 17.8 Å². The van der Waals surface area contributed by atoms with Crippen molar-refractivity contribution in [3.8, 4) is 0 Å². The van der Waals surface area contributed by atoms with Crippen LogP contribution >= 0.6 is 11.8 Å². The number of aliphatic hydroxyl groups excluding tert-OH is 1. The predicted molar refractivity (Wildman–Crippen MR) is 59.4 cm³/mol. The Morgan fingerprint density at radius 1 is 1.38 bits per heavy atom. The van der Waals surface area contributed by atoms with Crippen molar-refractivity contribution >= 4 is 23.4 Å². The Morgan fingerprint density at radius 3 is 2.75 bits per heavy atom. The molecule has 0 fully saturated rings. The van der Waals surface area contributed by atoms with E-state index in [4.69, 9.17) is 5.11 Å². The molecule has 16 heavy (non-hydrogen) atoms. The third kappa shape index (κ3) is 4.16. The SMILES string of the molecule is O=C(CSCCO)Nc1ccc(F)c(F)c1. The van der Waals surface area contributed by atoms with E-state index in [-0.39, 0.29) is 24.0 Å². The zero-order chi connectivity index (χ0) is 12.0. The first-order chi connectivity index (χ1) is 7.63. The summed E-state index contributed by atoms with van der Waals surface area (Å²) in [5.41, 5.74) is 0.216. The summed E-state index contributed by atoms with van der Waals surface area (Å²) in [6.07, 6.45) is 0. The lowest BCUT2D eigenvalue weighted by atomic mass is 10.3. The summed E-state index contributed by atoms with van der Waals surface area (Å²) in [5.74, 6) is -1.64. The highest BCUT2D eigenvalue weighted by molar-refractivity contribution is 7.99. The van der Waals surface area contributed by atoms with Crippen molar-refractivity contribution in [3.05, 3.63) is 29.8 Å². The summed E-state index contributed by atoms with van der Waals surface area (Å²) < 4.78 is 25.3. The number of rotatable bonds is 5. The standard InChI is InChI=1S/C10H11F2NO2S/c11-8-2-1-7(5-9(8)12)13-10(15)6-16-4-3-14/h1-2,5,14H,3-4,6H2,(H,13,15). The molecular weight excluding hydrogens is 236 g/mol. The molecule has 0 radical (unpaired) electrons. The largest absolute Gasteiger partial charge is 0.396 e. The van der Waals surface area contributed by atoms with Crippen LogP contribution in [0.5, 0.6) is 0 Å². The molecule has 0 saturated carbocycles. The van der Waals surface area contributed by atoms with Crippen LogP contribution in [0.15, 0.2) is 18.2 Å². The molecule has 0 bridgehead atoms. The molecule has 0 atom stereocenters. The summed E-state index contributed by atoms with van der Waals surface area (Å²) in [6, 6.07) is 3.16. The highest BCUT2D eigenvalue weighted by Crippen LogP contribution is 2.13. The van der Waals surface area contributed by atoms with E-state index < -0.39 is 11.6 Å². The van der Waals surface area contributed by atoms with E-state index in [1.54, 1.807) is 0 Å². The number of benzene rings is 1. The Hall–Kier alpha value is -1.14. The minimum absolute atomic E-state index is 0.00310. The number of halogens is 2. The van der Waals surface area contributed by atoms with Crippen molar-refractivity contribution in [1.82, 2.24) is 0 Å². The Balaban J connectivity index is 2.46. The maximum atomic E-state index is 12.8. The van der Waals surface area contributed by atoms with Crippen molar-refractivity contribution in [2.24, 2.45) is 0 Å². The van der Waals surface area contributed by atoms with Gasteiger partial charge in [-0.2, -0.15) is 0 Å². The van der Waals surface area contributed by atoms with E-state index in [2.05, 4.69) is 5.32 Å². The maximum absolute atomic E-state index is 12.8.